The van der Waals surface area contributed by atoms with Gasteiger partial charge in [-0.2, -0.15) is 0 Å². The molecule has 4 heterocycles. The van der Waals surface area contributed by atoms with Gasteiger partial charge in [-0.15, -0.1) is 11.3 Å². The lowest BCUT2D eigenvalue weighted by Gasteiger charge is -2.31. The molecule has 0 amide bonds. The van der Waals surface area contributed by atoms with Crippen LogP contribution in [0, 0.1) is 5.92 Å². The minimum atomic E-state index is 0.659. The molecule has 1 unspecified atom stereocenters. The van der Waals surface area contributed by atoms with E-state index in [0.717, 1.165) is 42.6 Å². The maximum absolute atomic E-state index is 5.93. The number of nitrogens with zero attached hydrogens (tertiary/aromatic N) is 4. The molecule has 24 heavy (non-hydrogen) atoms. The molecular formula is C18H22N4OS. The van der Waals surface area contributed by atoms with E-state index < -0.39 is 0 Å². The predicted molar refractivity (Wildman–Crippen MR) is 94.7 cm³/mol. The number of aryl methyl sites for hydroxylation is 1. The molecule has 5 nitrogen and oxygen atoms in total. The van der Waals surface area contributed by atoms with Gasteiger partial charge in [0.15, 0.2) is 5.76 Å². The molecule has 1 atom stereocenters. The largest absolute Gasteiger partial charge is 0.438 e. The van der Waals surface area contributed by atoms with Crippen LogP contribution in [-0.2, 0) is 20.0 Å². The van der Waals surface area contributed by atoms with Gasteiger partial charge in [0.05, 0.1) is 17.6 Å². The van der Waals surface area contributed by atoms with Crippen molar-refractivity contribution in [2.75, 3.05) is 13.1 Å². The van der Waals surface area contributed by atoms with Crippen molar-refractivity contribution in [3.8, 4) is 10.6 Å². The number of hydrogen-bond acceptors (Lipinski definition) is 5. The molecule has 0 aliphatic carbocycles. The average Bonchev–Trinajstić information content (AvgIpc) is 3.31. The van der Waals surface area contributed by atoms with Crippen LogP contribution >= 0.6 is 11.3 Å². The third kappa shape index (κ3) is 3.44. The van der Waals surface area contributed by atoms with Gasteiger partial charge in [-0.1, -0.05) is 6.07 Å². The third-order valence-corrected chi connectivity index (χ3v) is 5.56. The zero-order valence-corrected chi connectivity index (χ0v) is 14.7. The molecule has 0 N–H and O–H groups in total. The summed E-state index contributed by atoms with van der Waals surface area (Å²) >= 11 is 1.68. The molecule has 0 bridgehead atoms. The Bertz CT molecular complexity index is 777. The summed E-state index contributed by atoms with van der Waals surface area (Å²) in [7, 11) is 2.07. The van der Waals surface area contributed by atoms with Crippen LogP contribution < -0.4 is 0 Å². The first-order chi connectivity index (χ1) is 11.8. The van der Waals surface area contributed by atoms with Gasteiger partial charge in [0, 0.05) is 32.4 Å². The molecule has 0 radical (unpaired) electrons. The van der Waals surface area contributed by atoms with Crippen LogP contribution in [0.5, 0.6) is 0 Å². The number of aromatic nitrogens is 3. The van der Waals surface area contributed by atoms with E-state index in [0.29, 0.717) is 5.92 Å². The van der Waals surface area contributed by atoms with Gasteiger partial charge >= 0.3 is 0 Å². The zero-order valence-electron chi connectivity index (χ0n) is 13.9. The van der Waals surface area contributed by atoms with Crippen molar-refractivity contribution < 1.29 is 4.42 Å². The smallest absolute Gasteiger partial charge is 0.209 e. The molecule has 3 aromatic rings. The lowest BCUT2D eigenvalue weighted by Crippen LogP contribution is -2.36. The normalized spacial score (nSPS) is 19.0. The summed E-state index contributed by atoms with van der Waals surface area (Å²) < 4.78 is 8.06. The summed E-state index contributed by atoms with van der Waals surface area (Å²) in [4.78, 5) is 12.5. The van der Waals surface area contributed by atoms with E-state index in [1.165, 1.54) is 18.7 Å². The Balaban J connectivity index is 1.37. The zero-order chi connectivity index (χ0) is 16.4. The molecular weight excluding hydrogens is 320 g/mol. The van der Waals surface area contributed by atoms with Crippen molar-refractivity contribution in [1.82, 2.24) is 19.4 Å². The Morgan fingerprint density at radius 3 is 3.12 bits per heavy atom. The second-order valence-corrected chi connectivity index (χ2v) is 7.45. The minimum Gasteiger partial charge on any atom is -0.438 e. The highest BCUT2D eigenvalue weighted by Crippen LogP contribution is 2.26. The molecule has 1 aliphatic heterocycles. The van der Waals surface area contributed by atoms with Crippen LogP contribution in [0.25, 0.3) is 10.6 Å². The standard InChI is InChI=1S/C18H22N4OS/c1-21-8-6-19-17(21)10-14-4-2-7-22(12-14)13-18-20-11-15(23-18)16-5-3-9-24-16/h3,5-6,8-9,11,14H,2,4,7,10,12-13H2,1H3. The van der Waals surface area contributed by atoms with Gasteiger partial charge in [-0.3, -0.25) is 4.90 Å². The van der Waals surface area contributed by atoms with Gasteiger partial charge in [-0.05, 0) is 36.8 Å². The molecule has 126 valence electrons. The van der Waals surface area contributed by atoms with Gasteiger partial charge in [0.2, 0.25) is 5.89 Å². The highest BCUT2D eigenvalue weighted by atomic mass is 32.1. The molecule has 0 saturated carbocycles. The SMILES string of the molecule is Cn1ccnc1CC1CCCN(Cc2ncc(-c3cccs3)o2)C1. The van der Waals surface area contributed by atoms with Gasteiger partial charge in [0.25, 0.3) is 0 Å². The van der Waals surface area contributed by atoms with Crippen molar-refractivity contribution in [3.63, 3.8) is 0 Å². The number of hydrogen-bond donors (Lipinski definition) is 0. The molecule has 1 aliphatic rings. The Kier molecular flexibility index (Phi) is 4.49. The number of thiophene rings is 1. The molecule has 1 saturated heterocycles. The van der Waals surface area contributed by atoms with Crippen molar-refractivity contribution in [2.45, 2.75) is 25.8 Å². The number of piperidine rings is 1. The number of imidazole rings is 1. The van der Waals surface area contributed by atoms with E-state index in [2.05, 4.69) is 37.9 Å². The maximum atomic E-state index is 5.93. The van der Waals surface area contributed by atoms with Crippen LogP contribution in [0.2, 0.25) is 0 Å². The number of oxazole rings is 1. The second kappa shape index (κ2) is 6.91. The third-order valence-electron chi connectivity index (χ3n) is 4.67. The van der Waals surface area contributed by atoms with Crippen LogP contribution in [0.15, 0.2) is 40.5 Å². The summed E-state index contributed by atoms with van der Waals surface area (Å²) in [6.45, 7) is 3.00. The fourth-order valence-corrected chi connectivity index (χ4v) is 4.09. The summed E-state index contributed by atoms with van der Waals surface area (Å²) in [5, 5.41) is 2.06. The van der Waals surface area contributed by atoms with Gasteiger partial charge < -0.3 is 8.98 Å². The summed E-state index contributed by atoms with van der Waals surface area (Å²) in [6.07, 6.45) is 9.30. The van der Waals surface area contributed by atoms with Crippen LogP contribution in [0.4, 0.5) is 0 Å². The molecule has 4 rings (SSSR count). The van der Waals surface area contributed by atoms with E-state index in [1.54, 1.807) is 11.3 Å². The van der Waals surface area contributed by atoms with E-state index in [1.807, 2.05) is 24.7 Å². The molecule has 6 heteroatoms. The second-order valence-electron chi connectivity index (χ2n) is 6.50. The fourth-order valence-electron chi connectivity index (χ4n) is 3.42. The summed E-state index contributed by atoms with van der Waals surface area (Å²) in [5.74, 6) is 3.53. The number of likely N-dealkylation sites (tertiary alicyclic amines) is 1. The lowest BCUT2D eigenvalue weighted by molar-refractivity contribution is 0.153. The van der Waals surface area contributed by atoms with Gasteiger partial charge in [0.1, 0.15) is 5.82 Å². The highest BCUT2D eigenvalue weighted by Gasteiger charge is 2.22. The molecule has 1 fully saturated rings. The van der Waals surface area contributed by atoms with Gasteiger partial charge in [-0.25, -0.2) is 9.97 Å². The molecule has 0 spiro atoms. The fraction of sp³-hybridized carbons (Fsp3) is 0.444. The van der Waals surface area contributed by atoms with Crippen molar-refractivity contribution in [2.24, 2.45) is 13.0 Å². The first-order valence-corrected chi connectivity index (χ1v) is 9.33. The van der Waals surface area contributed by atoms with E-state index >= 15 is 0 Å². The summed E-state index contributed by atoms with van der Waals surface area (Å²) in [6, 6.07) is 4.10. The van der Waals surface area contributed by atoms with Crippen molar-refractivity contribution in [3.05, 3.63) is 47.8 Å². The Morgan fingerprint density at radius 1 is 1.38 bits per heavy atom. The Hall–Kier alpha value is -1.92. The van der Waals surface area contributed by atoms with Crippen LogP contribution in [0.1, 0.15) is 24.6 Å². The summed E-state index contributed by atoms with van der Waals surface area (Å²) in [5.41, 5.74) is 0. The lowest BCUT2D eigenvalue weighted by atomic mass is 9.94. The van der Waals surface area contributed by atoms with Crippen LogP contribution in [0.3, 0.4) is 0 Å². The molecule has 3 aromatic heterocycles. The topological polar surface area (TPSA) is 47.1 Å². The highest BCUT2D eigenvalue weighted by molar-refractivity contribution is 7.13. The van der Waals surface area contributed by atoms with Crippen molar-refractivity contribution in [1.29, 1.82) is 0 Å². The average molecular weight is 342 g/mol. The monoisotopic (exact) mass is 342 g/mol. The van der Waals surface area contributed by atoms with E-state index in [4.69, 9.17) is 4.42 Å². The minimum absolute atomic E-state index is 0.659. The van der Waals surface area contributed by atoms with Crippen LogP contribution in [-0.4, -0.2) is 32.5 Å². The maximum Gasteiger partial charge on any atom is 0.209 e. The quantitative estimate of drug-likeness (QED) is 0.711. The van der Waals surface area contributed by atoms with E-state index in [9.17, 15) is 0 Å². The Labute approximate surface area is 146 Å². The van der Waals surface area contributed by atoms with E-state index in [-0.39, 0.29) is 0 Å². The Morgan fingerprint density at radius 2 is 2.33 bits per heavy atom. The first-order valence-electron chi connectivity index (χ1n) is 8.45. The molecule has 0 aromatic carbocycles. The predicted octanol–water partition coefficient (Wildman–Crippen LogP) is 3.59. The number of rotatable bonds is 5. The van der Waals surface area contributed by atoms with Crippen molar-refractivity contribution >= 4 is 11.3 Å². The first kappa shape index (κ1) is 15.6.